The minimum atomic E-state index is -0.355. The Kier molecular flexibility index (Phi) is 4.92. The van der Waals surface area contributed by atoms with Crippen LogP contribution in [0.2, 0.25) is 5.02 Å². The summed E-state index contributed by atoms with van der Waals surface area (Å²) in [6, 6.07) is 5.71. The fraction of sp³-hybridized carbons (Fsp3) is 0.562. The molecule has 1 fully saturated rings. The van der Waals surface area contributed by atoms with Gasteiger partial charge in [0.05, 0.1) is 12.7 Å². The van der Waals surface area contributed by atoms with Gasteiger partial charge in [-0.1, -0.05) is 38.3 Å². The summed E-state index contributed by atoms with van der Waals surface area (Å²) in [4.78, 5) is 11.9. The Labute approximate surface area is 125 Å². The summed E-state index contributed by atoms with van der Waals surface area (Å²) in [5.41, 5.74) is 1.32. The van der Waals surface area contributed by atoms with Crippen LogP contribution in [0.25, 0.3) is 0 Å². The lowest BCUT2D eigenvalue weighted by molar-refractivity contribution is 0.0601. The van der Waals surface area contributed by atoms with Gasteiger partial charge >= 0.3 is 5.97 Å². The van der Waals surface area contributed by atoms with Gasteiger partial charge in [0, 0.05) is 16.8 Å². The van der Waals surface area contributed by atoms with Crippen molar-refractivity contribution in [1.29, 1.82) is 0 Å². The van der Waals surface area contributed by atoms with Gasteiger partial charge in [0.1, 0.15) is 0 Å². The van der Waals surface area contributed by atoms with Gasteiger partial charge < -0.3 is 10.1 Å². The molecule has 0 spiro atoms. The van der Waals surface area contributed by atoms with Crippen LogP contribution in [0, 0.1) is 11.8 Å². The van der Waals surface area contributed by atoms with Gasteiger partial charge in [-0.3, -0.25) is 0 Å². The zero-order chi connectivity index (χ0) is 14.7. The summed E-state index contributed by atoms with van der Waals surface area (Å²) in [6.07, 6.45) is 3.64. The number of methoxy groups -OCH3 is 1. The molecule has 3 unspecified atom stereocenters. The Morgan fingerprint density at radius 1 is 1.35 bits per heavy atom. The molecule has 3 atom stereocenters. The van der Waals surface area contributed by atoms with Crippen molar-refractivity contribution in [3.8, 4) is 0 Å². The molecule has 0 aromatic heterocycles. The van der Waals surface area contributed by atoms with Crippen molar-refractivity contribution < 1.29 is 9.53 Å². The van der Waals surface area contributed by atoms with E-state index in [0.717, 1.165) is 12.1 Å². The molecule has 1 aliphatic rings. The minimum Gasteiger partial charge on any atom is -0.465 e. The molecule has 1 aromatic carbocycles. The Bertz CT molecular complexity index is 489. The van der Waals surface area contributed by atoms with Gasteiger partial charge in [0.2, 0.25) is 0 Å². The zero-order valence-electron chi connectivity index (χ0n) is 12.3. The van der Waals surface area contributed by atoms with E-state index < -0.39 is 0 Å². The predicted molar refractivity (Wildman–Crippen MR) is 82.4 cm³/mol. The first kappa shape index (κ1) is 15.2. The molecule has 1 aromatic rings. The smallest absolute Gasteiger partial charge is 0.340 e. The van der Waals surface area contributed by atoms with E-state index in [1.165, 1.54) is 20.0 Å². The van der Waals surface area contributed by atoms with Crippen LogP contribution in [0.5, 0.6) is 0 Å². The standard InChI is InChI=1S/C16H22ClNO2/c1-10-5-4-6-14(11(10)2)18-15-8-7-12(17)9-13(15)16(19)20-3/h7-11,14,18H,4-6H2,1-3H3. The first-order valence-electron chi connectivity index (χ1n) is 7.17. The van der Waals surface area contributed by atoms with Crippen LogP contribution >= 0.6 is 11.6 Å². The summed E-state index contributed by atoms with van der Waals surface area (Å²) >= 11 is 5.98. The second kappa shape index (κ2) is 6.49. The lowest BCUT2D eigenvalue weighted by Crippen LogP contribution is -2.35. The second-order valence-corrected chi connectivity index (χ2v) is 6.14. The molecule has 0 aliphatic heterocycles. The highest BCUT2D eigenvalue weighted by Gasteiger charge is 2.27. The first-order valence-corrected chi connectivity index (χ1v) is 7.55. The minimum absolute atomic E-state index is 0.355. The van der Waals surface area contributed by atoms with Crippen molar-refractivity contribution in [3.63, 3.8) is 0 Å². The third kappa shape index (κ3) is 3.26. The maximum absolute atomic E-state index is 11.9. The number of rotatable bonds is 3. The van der Waals surface area contributed by atoms with E-state index in [1.54, 1.807) is 12.1 Å². The fourth-order valence-electron chi connectivity index (χ4n) is 2.91. The van der Waals surface area contributed by atoms with Crippen LogP contribution in [0.1, 0.15) is 43.5 Å². The summed E-state index contributed by atoms with van der Waals surface area (Å²) in [5, 5.41) is 4.06. The first-order chi connectivity index (χ1) is 9.52. The number of carbonyl (C=O) groups excluding carboxylic acids is 1. The van der Waals surface area contributed by atoms with E-state index >= 15 is 0 Å². The quantitative estimate of drug-likeness (QED) is 0.842. The summed E-state index contributed by atoms with van der Waals surface area (Å²) < 4.78 is 4.83. The van der Waals surface area contributed by atoms with Gasteiger partial charge in [-0.25, -0.2) is 4.79 Å². The highest BCUT2D eigenvalue weighted by Crippen LogP contribution is 2.33. The highest BCUT2D eigenvalue weighted by atomic mass is 35.5. The van der Waals surface area contributed by atoms with E-state index in [0.29, 0.717) is 28.5 Å². The monoisotopic (exact) mass is 295 g/mol. The SMILES string of the molecule is COC(=O)c1cc(Cl)ccc1NC1CCCC(C)C1C. The van der Waals surface area contributed by atoms with E-state index in [2.05, 4.69) is 19.2 Å². The molecule has 0 amide bonds. The molecule has 1 N–H and O–H groups in total. The Morgan fingerprint density at radius 3 is 2.80 bits per heavy atom. The van der Waals surface area contributed by atoms with E-state index in [9.17, 15) is 4.79 Å². The van der Waals surface area contributed by atoms with E-state index in [-0.39, 0.29) is 5.97 Å². The Hall–Kier alpha value is -1.22. The number of benzene rings is 1. The number of esters is 1. The molecule has 4 heteroatoms. The molecule has 1 aliphatic carbocycles. The molecular weight excluding hydrogens is 274 g/mol. The van der Waals surface area contributed by atoms with Gasteiger partial charge in [-0.2, -0.15) is 0 Å². The van der Waals surface area contributed by atoms with Gasteiger partial charge in [0.25, 0.3) is 0 Å². The third-order valence-electron chi connectivity index (χ3n) is 4.43. The van der Waals surface area contributed by atoms with Crippen LogP contribution in [-0.2, 0) is 4.74 Å². The summed E-state index contributed by atoms with van der Waals surface area (Å²) in [5.74, 6) is 0.937. The van der Waals surface area contributed by atoms with Crippen molar-refractivity contribution in [2.45, 2.75) is 39.2 Å². The van der Waals surface area contributed by atoms with Gasteiger partial charge in [0.15, 0.2) is 0 Å². The number of halogens is 1. The largest absolute Gasteiger partial charge is 0.465 e. The van der Waals surface area contributed by atoms with Crippen molar-refractivity contribution in [2.24, 2.45) is 11.8 Å². The summed E-state index contributed by atoms with van der Waals surface area (Å²) in [7, 11) is 1.39. The molecule has 0 bridgehead atoms. The number of hydrogen-bond acceptors (Lipinski definition) is 3. The number of anilines is 1. The molecule has 0 radical (unpaired) electrons. The maximum Gasteiger partial charge on any atom is 0.340 e. The normalized spacial score (nSPS) is 26.1. The Morgan fingerprint density at radius 2 is 2.10 bits per heavy atom. The van der Waals surface area contributed by atoms with Crippen LogP contribution in [0.15, 0.2) is 18.2 Å². The molecule has 3 nitrogen and oxygen atoms in total. The number of ether oxygens (including phenoxy) is 1. The molecule has 2 rings (SSSR count). The molecule has 1 saturated carbocycles. The molecular formula is C16H22ClNO2. The second-order valence-electron chi connectivity index (χ2n) is 5.70. The number of carbonyl (C=O) groups is 1. The van der Waals surface area contributed by atoms with E-state index in [4.69, 9.17) is 16.3 Å². The van der Waals surface area contributed by atoms with Crippen LogP contribution in [0.4, 0.5) is 5.69 Å². The molecule has 20 heavy (non-hydrogen) atoms. The van der Waals surface area contributed by atoms with Crippen molar-refractivity contribution in [1.82, 2.24) is 0 Å². The van der Waals surface area contributed by atoms with Crippen LogP contribution in [-0.4, -0.2) is 19.1 Å². The number of hydrogen-bond donors (Lipinski definition) is 1. The van der Waals surface area contributed by atoms with Crippen LogP contribution in [0.3, 0.4) is 0 Å². The fourth-order valence-corrected chi connectivity index (χ4v) is 3.08. The zero-order valence-corrected chi connectivity index (χ0v) is 13.0. The lowest BCUT2D eigenvalue weighted by Gasteiger charge is -2.35. The molecule has 0 heterocycles. The van der Waals surface area contributed by atoms with Gasteiger partial charge in [-0.15, -0.1) is 0 Å². The number of nitrogens with one attached hydrogen (secondary N) is 1. The van der Waals surface area contributed by atoms with Crippen molar-refractivity contribution >= 4 is 23.3 Å². The van der Waals surface area contributed by atoms with E-state index in [1.807, 2.05) is 6.07 Å². The highest BCUT2D eigenvalue weighted by molar-refractivity contribution is 6.31. The summed E-state index contributed by atoms with van der Waals surface area (Å²) in [6.45, 7) is 4.57. The van der Waals surface area contributed by atoms with Crippen molar-refractivity contribution in [3.05, 3.63) is 28.8 Å². The predicted octanol–water partition coefficient (Wildman–Crippen LogP) is 4.36. The van der Waals surface area contributed by atoms with Crippen LogP contribution < -0.4 is 5.32 Å². The molecule has 0 saturated heterocycles. The molecule has 110 valence electrons. The Balaban J connectivity index is 2.22. The third-order valence-corrected chi connectivity index (χ3v) is 4.67. The average Bonchev–Trinajstić information content (AvgIpc) is 2.44. The topological polar surface area (TPSA) is 38.3 Å². The average molecular weight is 296 g/mol. The van der Waals surface area contributed by atoms with Gasteiger partial charge in [-0.05, 0) is 36.5 Å². The lowest BCUT2D eigenvalue weighted by atomic mass is 9.78. The van der Waals surface area contributed by atoms with Crippen molar-refractivity contribution in [2.75, 3.05) is 12.4 Å². The maximum atomic E-state index is 11.9.